The molecule has 0 saturated heterocycles. The minimum atomic E-state index is -3.67. The van der Waals surface area contributed by atoms with Crippen LogP contribution >= 0.6 is 24.4 Å². The van der Waals surface area contributed by atoms with Crippen LogP contribution in [0.25, 0.3) is 0 Å². The van der Waals surface area contributed by atoms with Gasteiger partial charge in [-0.05, 0) is 100 Å². The topological polar surface area (TPSA) is 77.0 Å². The number of imidazole rings is 2. The predicted molar refractivity (Wildman–Crippen MR) is 188 cm³/mol. The van der Waals surface area contributed by atoms with Crippen molar-refractivity contribution in [2.75, 3.05) is 19.8 Å². The largest absolute Gasteiger partial charge is 1.00 e. The Kier molecular flexibility index (Phi) is 19.8. The number of ether oxygens (including phenoxy) is 2. The molecule has 4 heterocycles. The number of hydrogen-bond donors (Lipinski definition) is 2. The molecular formula is C32H40B2F7N4NaO3S2. The van der Waals surface area contributed by atoms with E-state index >= 15 is 0 Å². The Labute approximate surface area is 326 Å². The second kappa shape index (κ2) is 21.8. The van der Waals surface area contributed by atoms with Gasteiger partial charge in [0, 0.05) is 61.7 Å². The molecule has 2 N–H and O–H groups in total. The maximum Gasteiger partial charge on any atom is 1.00 e. The van der Waals surface area contributed by atoms with Gasteiger partial charge in [0.25, 0.3) is 0 Å². The molecule has 2 aliphatic rings. The molecule has 0 radical (unpaired) electrons. The van der Waals surface area contributed by atoms with Crippen molar-refractivity contribution in [1.82, 2.24) is 19.1 Å². The third-order valence-corrected chi connectivity index (χ3v) is 8.32. The summed E-state index contributed by atoms with van der Waals surface area (Å²) in [5, 5.41) is 0. The van der Waals surface area contributed by atoms with Gasteiger partial charge in [-0.25, -0.2) is 22.4 Å². The molecule has 0 unspecified atom stereocenters. The predicted octanol–water partition coefficient (Wildman–Crippen LogP) is 4.29. The summed E-state index contributed by atoms with van der Waals surface area (Å²) in [6.07, 6.45) is 1.24. The molecule has 2 aromatic heterocycles. The number of carbonyl (C=O) groups excluding carboxylic acids is 1. The van der Waals surface area contributed by atoms with E-state index in [1.54, 1.807) is 11.5 Å². The second-order valence-electron chi connectivity index (χ2n) is 10.9. The van der Waals surface area contributed by atoms with Crippen molar-refractivity contribution >= 4 is 46.4 Å². The third kappa shape index (κ3) is 13.1. The number of rotatable bonds is 6. The zero-order valence-corrected chi connectivity index (χ0v) is 31.9. The molecule has 274 valence electrons. The summed E-state index contributed by atoms with van der Waals surface area (Å²) in [6.45, 7) is 10.8. The molecule has 0 spiro atoms. The standard InChI is InChI=1S/C15H14F2N2O2S.C13H12F2N2S.C4H10O.BF3.BH4.Na/c1-2-21-14(20)13-12-5-9(7-19(12)15(22)18-13)8-3-10(16)6-11(17)4-8;1-7-12-4-9(6-17(12)13(18)16-7)8-2-10(14)5-11(15)3-8;1-3-5-4-2;2-1(3)4;;/h3-4,6,9H,2,5,7H2,1H3,(H,18,22);2-3,5,9H,4,6H2,1H3,(H,16,18);3-4H2,1-2H3;;1H4;/q;;;;-1;+1/t2*9-;;;;/m11..../s1. The van der Waals surface area contributed by atoms with E-state index in [1.165, 1.54) is 24.3 Å². The van der Waals surface area contributed by atoms with Crippen LogP contribution in [0.15, 0.2) is 36.4 Å². The zero-order valence-electron chi connectivity index (χ0n) is 28.2. The van der Waals surface area contributed by atoms with Crippen LogP contribution in [-0.4, -0.2) is 60.8 Å². The molecule has 4 aromatic rings. The first kappa shape index (κ1) is 46.4. The molecule has 0 bridgehead atoms. The molecule has 0 fully saturated rings. The Morgan fingerprint density at radius 1 is 0.765 bits per heavy atom. The van der Waals surface area contributed by atoms with Gasteiger partial charge in [-0.3, -0.25) is 12.9 Å². The van der Waals surface area contributed by atoms with Crippen LogP contribution in [-0.2, 0) is 35.4 Å². The maximum absolute atomic E-state index is 13.4. The Hall–Kier alpha value is -2.63. The van der Waals surface area contributed by atoms with Gasteiger partial charge in [-0.1, -0.05) is 8.41 Å². The first-order valence-electron chi connectivity index (χ1n) is 15.4. The average molecular weight is 770 g/mol. The number of H-pyrrole nitrogens is 2. The van der Waals surface area contributed by atoms with E-state index < -0.39 is 36.8 Å². The van der Waals surface area contributed by atoms with Crippen LogP contribution in [0.2, 0.25) is 0 Å². The number of halogens is 7. The van der Waals surface area contributed by atoms with E-state index in [0.717, 1.165) is 48.8 Å². The Morgan fingerprint density at radius 2 is 1.16 bits per heavy atom. The number of nitrogens with one attached hydrogen (secondary N) is 2. The van der Waals surface area contributed by atoms with Crippen molar-refractivity contribution in [3.63, 3.8) is 0 Å². The number of esters is 1. The van der Waals surface area contributed by atoms with Gasteiger partial charge < -0.3 is 28.6 Å². The van der Waals surface area contributed by atoms with Crippen molar-refractivity contribution in [3.05, 3.63) is 103 Å². The molecule has 2 aromatic carbocycles. The fourth-order valence-corrected chi connectivity index (χ4v) is 6.30. The second-order valence-corrected chi connectivity index (χ2v) is 11.7. The first-order chi connectivity index (χ1) is 23.2. The number of nitrogens with zero attached hydrogens (tertiary/aromatic N) is 2. The van der Waals surface area contributed by atoms with E-state index in [1.807, 2.05) is 25.3 Å². The van der Waals surface area contributed by atoms with Crippen molar-refractivity contribution < 1.29 is 74.3 Å². The van der Waals surface area contributed by atoms with Crippen LogP contribution in [0.3, 0.4) is 0 Å². The van der Waals surface area contributed by atoms with E-state index in [-0.39, 0.29) is 56.4 Å². The van der Waals surface area contributed by atoms with Gasteiger partial charge in [-0.15, -0.1) is 0 Å². The average Bonchev–Trinajstić information content (AvgIpc) is 3.77. The van der Waals surface area contributed by atoms with Crippen LogP contribution in [0.1, 0.15) is 71.3 Å². The summed E-state index contributed by atoms with van der Waals surface area (Å²) in [5.74, 6) is -2.75. The van der Waals surface area contributed by atoms with Gasteiger partial charge in [0.1, 0.15) is 29.0 Å². The molecule has 2 atom stereocenters. The van der Waals surface area contributed by atoms with Gasteiger partial charge in [0.15, 0.2) is 9.54 Å². The minimum absolute atomic E-state index is 0. The van der Waals surface area contributed by atoms with Gasteiger partial charge >= 0.3 is 43.1 Å². The van der Waals surface area contributed by atoms with Gasteiger partial charge in [0.05, 0.1) is 12.3 Å². The Bertz CT molecular complexity index is 1810. The molecule has 2 aliphatic heterocycles. The SMILES string of the molecule is CCOC(=O)c1[nH]c(=S)n2c1C[C@@H](c1cc(F)cc(F)c1)C2.CCOCC.Cc1[nH]c(=S)n2c1C[C@@H](c1cc(F)cc(F)c1)C2.FB(F)F.[BH4-].[Na+]. The van der Waals surface area contributed by atoms with E-state index in [0.29, 0.717) is 45.9 Å². The molecule has 0 saturated carbocycles. The van der Waals surface area contributed by atoms with E-state index in [9.17, 15) is 35.3 Å². The van der Waals surface area contributed by atoms with Crippen molar-refractivity contribution in [3.8, 4) is 0 Å². The van der Waals surface area contributed by atoms with Crippen molar-refractivity contribution in [1.29, 1.82) is 0 Å². The summed E-state index contributed by atoms with van der Waals surface area (Å²) in [4.78, 5) is 17.9. The number of benzene rings is 2. The zero-order chi connectivity index (χ0) is 36.4. The number of aromatic amines is 2. The number of aryl methyl sites for hydroxylation is 1. The van der Waals surface area contributed by atoms with Crippen molar-refractivity contribution in [2.45, 2.75) is 65.5 Å². The molecule has 19 heteroatoms. The van der Waals surface area contributed by atoms with Gasteiger partial charge in [0.2, 0.25) is 0 Å². The van der Waals surface area contributed by atoms with Crippen LogP contribution in [0.4, 0.5) is 30.5 Å². The summed E-state index contributed by atoms with van der Waals surface area (Å²) in [7, 11) is -3.67. The first-order valence-corrected chi connectivity index (χ1v) is 16.2. The van der Waals surface area contributed by atoms with Crippen LogP contribution in [0, 0.1) is 39.7 Å². The van der Waals surface area contributed by atoms with Crippen molar-refractivity contribution in [2.24, 2.45) is 0 Å². The minimum Gasteiger partial charge on any atom is -0.461 e. The molecule has 0 aliphatic carbocycles. The molecule has 51 heavy (non-hydrogen) atoms. The van der Waals surface area contributed by atoms with E-state index in [2.05, 4.69) is 9.97 Å². The van der Waals surface area contributed by atoms with E-state index in [4.69, 9.17) is 33.9 Å². The summed E-state index contributed by atoms with van der Waals surface area (Å²) in [5.41, 5.74) is 4.48. The van der Waals surface area contributed by atoms with Crippen LogP contribution in [0.5, 0.6) is 0 Å². The number of carbonyl (C=O) groups is 1. The fourth-order valence-electron chi connectivity index (χ4n) is 5.67. The Morgan fingerprint density at radius 3 is 1.53 bits per heavy atom. The van der Waals surface area contributed by atoms with Crippen LogP contribution < -0.4 is 29.6 Å². The number of aromatic nitrogens is 4. The molecule has 0 amide bonds. The Balaban J connectivity index is 0.000000404. The quantitative estimate of drug-likeness (QED) is 0.133. The fraction of sp³-hybridized carbons (Fsp3) is 0.406. The maximum atomic E-state index is 13.4. The molecule has 7 nitrogen and oxygen atoms in total. The molecule has 6 rings (SSSR count). The summed E-state index contributed by atoms with van der Waals surface area (Å²) in [6, 6.07) is 7.18. The summed E-state index contributed by atoms with van der Waals surface area (Å²) >= 11 is 10.4. The molecular weight excluding hydrogens is 730 g/mol. The van der Waals surface area contributed by atoms with Gasteiger partial charge in [-0.2, -0.15) is 0 Å². The monoisotopic (exact) mass is 770 g/mol. The summed E-state index contributed by atoms with van der Waals surface area (Å²) < 4.78 is 96.9. The normalized spacial score (nSPS) is 14.9. The number of fused-ring (bicyclic) bond motifs is 2. The smallest absolute Gasteiger partial charge is 0.461 e. The third-order valence-electron chi connectivity index (χ3n) is 7.68. The number of hydrogen-bond acceptors (Lipinski definition) is 5.